The van der Waals surface area contributed by atoms with Gasteiger partial charge in [0, 0.05) is 6.42 Å². The summed E-state index contributed by atoms with van der Waals surface area (Å²) in [4.78, 5) is 11.8. The number of hydrogen-bond donors (Lipinski definition) is 0. The zero-order valence-corrected chi connectivity index (χ0v) is 11.8. The van der Waals surface area contributed by atoms with Crippen molar-refractivity contribution in [3.63, 3.8) is 0 Å². The average molecular weight is 226 g/mol. The van der Waals surface area contributed by atoms with Crippen molar-refractivity contribution in [2.75, 3.05) is 0 Å². The molecule has 88 valence electrons. The molecule has 1 aliphatic rings. The Balaban J connectivity index is 2.19. The first kappa shape index (κ1) is 13.0. The third-order valence-electron chi connectivity index (χ3n) is 3.85. The van der Waals surface area contributed by atoms with Gasteiger partial charge in [0.05, 0.1) is 0 Å². The van der Waals surface area contributed by atoms with Crippen LogP contribution >= 0.6 is 0 Å². The Morgan fingerprint density at radius 3 is 2.40 bits per heavy atom. The van der Waals surface area contributed by atoms with Crippen LogP contribution in [0.5, 0.6) is 0 Å². The van der Waals surface area contributed by atoms with Gasteiger partial charge in [-0.3, -0.25) is 0 Å². The van der Waals surface area contributed by atoms with Crippen molar-refractivity contribution in [3.8, 4) is 0 Å². The summed E-state index contributed by atoms with van der Waals surface area (Å²) in [6.45, 7) is 8.85. The topological polar surface area (TPSA) is 17.1 Å². The van der Waals surface area contributed by atoms with Crippen molar-refractivity contribution < 1.29 is 4.79 Å². The Labute approximate surface area is 95.7 Å². The molecule has 0 heterocycles. The van der Waals surface area contributed by atoms with Gasteiger partial charge in [-0.1, -0.05) is 45.8 Å². The van der Waals surface area contributed by atoms with E-state index in [2.05, 4.69) is 26.6 Å². The van der Waals surface area contributed by atoms with Crippen LogP contribution in [-0.4, -0.2) is 13.5 Å². The summed E-state index contributed by atoms with van der Waals surface area (Å²) in [6.07, 6.45) is 7.50. The molecule has 0 aromatic rings. The molecule has 15 heavy (non-hydrogen) atoms. The smallest absolute Gasteiger partial charge is 0.123 e. The third kappa shape index (κ3) is 4.10. The third-order valence-corrected chi connectivity index (χ3v) is 5.78. The Morgan fingerprint density at radius 2 is 1.93 bits per heavy atom. The van der Waals surface area contributed by atoms with Gasteiger partial charge in [0.15, 0.2) is 0 Å². The first-order valence-corrected chi connectivity index (χ1v) is 9.94. The van der Waals surface area contributed by atoms with E-state index in [1.54, 1.807) is 0 Å². The Morgan fingerprint density at radius 1 is 1.27 bits per heavy atom. The van der Waals surface area contributed by atoms with Gasteiger partial charge in [0.1, 0.15) is 13.5 Å². The number of hydrogen-bond acceptors (Lipinski definition) is 1. The molecule has 0 amide bonds. The van der Waals surface area contributed by atoms with E-state index < -0.39 is 8.07 Å². The van der Waals surface area contributed by atoms with Crippen LogP contribution in [-0.2, 0) is 4.79 Å². The van der Waals surface area contributed by atoms with Crippen LogP contribution in [0.25, 0.3) is 0 Å². The van der Waals surface area contributed by atoms with E-state index in [-0.39, 0.29) is 0 Å². The Hall–Kier alpha value is -0.113. The fourth-order valence-corrected chi connectivity index (χ4v) is 3.48. The summed E-state index contributed by atoms with van der Waals surface area (Å²) in [7, 11) is -1.49. The minimum atomic E-state index is -1.49. The van der Waals surface area contributed by atoms with Gasteiger partial charge < -0.3 is 4.79 Å². The Kier molecular flexibility index (Phi) is 4.57. The monoisotopic (exact) mass is 226 g/mol. The molecular weight excluding hydrogens is 200 g/mol. The van der Waals surface area contributed by atoms with Gasteiger partial charge in [-0.25, -0.2) is 0 Å². The molecule has 0 spiro atoms. The molecule has 0 radical (unpaired) electrons. The summed E-state index contributed by atoms with van der Waals surface area (Å²) < 4.78 is 0. The summed E-state index contributed by atoms with van der Waals surface area (Å²) in [6, 6.07) is 0. The molecule has 0 bridgehead atoms. The van der Waals surface area contributed by atoms with Crippen LogP contribution < -0.4 is 0 Å². The highest BCUT2D eigenvalue weighted by Crippen LogP contribution is 2.34. The fraction of sp³-hybridized carbons (Fsp3) is 0.923. The minimum absolute atomic E-state index is 0.563. The zero-order chi connectivity index (χ0) is 11.5. The molecule has 2 unspecified atom stereocenters. The predicted octanol–water partition coefficient (Wildman–Crippen LogP) is 4.04. The molecule has 1 nitrogen and oxygen atoms in total. The number of carbonyl (C=O) groups excluding carboxylic acids is 1. The summed E-state index contributed by atoms with van der Waals surface area (Å²) in [5, 5.41) is 0.563. The van der Waals surface area contributed by atoms with E-state index in [0.29, 0.717) is 5.41 Å². The van der Waals surface area contributed by atoms with Crippen molar-refractivity contribution >= 4 is 13.5 Å². The van der Waals surface area contributed by atoms with E-state index in [1.165, 1.54) is 25.7 Å². The first-order chi connectivity index (χ1) is 6.91. The molecule has 0 aliphatic heterocycles. The second-order valence-corrected chi connectivity index (χ2v) is 11.3. The summed E-state index contributed by atoms with van der Waals surface area (Å²) >= 11 is 0. The SMILES string of the molecule is CC1CCCC1CCCC(=O)[Si](C)(C)C. The quantitative estimate of drug-likeness (QED) is 0.647. The van der Waals surface area contributed by atoms with Crippen LogP contribution in [0.2, 0.25) is 19.6 Å². The maximum atomic E-state index is 11.8. The van der Waals surface area contributed by atoms with Gasteiger partial charge >= 0.3 is 0 Å². The van der Waals surface area contributed by atoms with Crippen molar-refractivity contribution in [1.29, 1.82) is 0 Å². The number of rotatable bonds is 5. The first-order valence-electron chi connectivity index (χ1n) is 6.44. The van der Waals surface area contributed by atoms with Crippen LogP contribution in [0.4, 0.5) is 0 Å². The van der Waals surface area contributed by atoms with E-state index in [0.717, 1.165) is 24.7 Å². The highest BCUT2D eigenvalue weighted by atomic mass is 28.3. The lowest BCUT2D eigenvalue weighted by molar-refractivity contribution is -0.112. The molecular formula is C13H26OSi. The molecule has 1 saturated carbocycles. The predicted molar refractivity (Wildman–Crippen MR) is 68.7 cm³/mol. The highest BCUT2D eigenvalue weighted by molar-refractivity contribution is 7.03. The van der Waals surface area contributed by atoms with Crippen molar-refractivity contribution in [1.82, 2.24) is 0 Å². The summed E-state index contributed by atoms with van der Waals surface area (Å²) in [5.74, 6) is 1.83. The standard InChI is InChI=1S/C13H26OSi/c1-11-7-5-8-12(11)9-6-10-13(14)15(2,3)4/h11-12H,5-10H2,1-4H3. The van der Waals surface area contributed by atoms with Crippen molar-refractivity contribution in [2.24, 2.45) is 11.8 Å². The lowest BCUT2D eigenvalue weighted by Crippen LogP contribution is -2.33. The van der Waals surface area contributed by atoms with Crippen molar-refractivity contribution in [2.45, 2.75) is 65.1 Å². The highest BCUT2D eigenvalue weighted by Gasteiger charge is 2.25. The average Bonchev–Trinajstić information content (AvgIpc) is 2.50. The molecule has 0 aromatic heterocycles. The molecule has 0 saturated heterocycles. The van der Waals surface area contributed by atoms with E-state index in [9.17, 15) is 4.79 Å². The molecule has 1 fully saturated rings. The zero-order valence-electron chi connectivity index (χ0n) is 10.8. The normalized spacial score (nSPS) is 26.9. The van der Waals surface area contributed by atoms with Crippen molar-refractivity contribution in [3.05, 3.63) is 0 Å². The Bertz CT molecular complexity index is 217. The van der Waals surface area contributed by atoms with E-state index >= 15 is 0 Å². The van der Waals surface area contributed by atoms with Crippen LogP contribution in [0, 0.1) is 11.8 Å². The van der Waals surface area contributed by atoms with Crippen LogP contribution in [0.3, 0.4) is 0 Å². The molecule has 2 heteroatoms. The largest absolute Gasteiger partial charge is 0.305 e. The molecule has 1 rings (SSSR count). The van der Waals surface area contributed by atoms with E-state index in [4.69, 9.17) is 0 Å². The fourth-order valence-electron chi connectivity index (χ4n) is 2.55. The van der Waals surface area contributed by atoms with Gasteiger partial charge in [-0.05, 0) is 24.7 Å². The molecule has 0 aromatic carbocycles. The minimum Gasteiger partial charge on any atom is -0.305 e. The molecule has 2 atom stereocenters. The van der Waals surface area contributed by atoms with E-state index in [1.807, 2.05) is 0 Å². The van der Waals surface area contributed by atoms with Gasteiger partial charge in [-0.15, -0.1) is 0 Å². The molecule has 0 N–H and O–H groups in total. The maximum Gasteiger partial charge on any atom is 0.123 e. The van der Waals surface area contributed by atoms with Gasteiger partial charge in [-0.2, -0.15) is 0 Å². The molecule has 1 aliphatic carbocycles. The number of carbonyl (C=O) groups is 1. The maximum absolute atomic E-state index is 11.8. The van der Waals surface area contributed by atoms with Crippen LogP contribution in [0.1, 0.15) is 45.4 Å². The lowest BCUT2D eigenvalue weighted by atomic mass is 9.93. The van der Waals surface area contributed by atoms with Crippen LogP contribution in [0.15, 0.2) is 0 Å². The van der Waals surface area contributed by atoms with Gasteiger partial charge in [0.2, 0.25) is 0 Å². The lowest BCUT2D eigenvalue weighted by Gasteiger charge is -2.17. The second-order valence-electron chi connectivity index (χ2n) is 6.23. The second kappa shape index (κ2) is 5.29. The summed E-state index contributed by atoms with van der Waals surface area (Å²) in [5.41, 5.74) is 0. The van der Waals surface area contributed by atoms with Gasteiger partial charge in [0.25, 0.3) is 0 Å².